The second kappa shape index (κ2) is 8.34. The Balaban J connectivity index is 1.80. The van der Waals surface area contributed by atoms with Gasteiger partial charge in [-0.25, -0.2) is 0 Å². The molecule has 0 radical (unpaired) electrons. The quantitative estimate of drug-likeness (QED) is 0.454. The van der Waals surface area contributed by atoms with Crippen molar-refractivity contribution < 1.29 is 14.5 Å². The fourth-order valence-electron chi connectivity index (χ4n) is 3.11. The van der Waals surface area contributed by atoms with Gasteiger partial charge in [-0.05, 0) is 42.7 Å². The van der Waals surface area contributed by atoms with Crippen LogP contribution in [-0.2, 0) is 4.79 Å². The number of non-ortho nitro benzene ring substituents is 1. The van der Waals surface area contributed by atoms with Crippen LogP contribution in [0.25, 0.3) is 6.08 Å². The number of hydrogen-bond donors (Lipinski definition) is 2. The Morgan fingerprint density at radius 2 is 1.89 bits per heavy atom. The molecule has 0 unspecified atom stereocenters. The van der Waals surface area contributed by atoms with E-state index in [1.54, 1.807) is 30.3 Å². The molecule has 1 aliphatic rings. The molecule has 0 bridgehead atoms. The Bertz CT molecular complexity index is 949. The number of carbonyl (C=O) groups is 2. The topological polar surface area (TPSA) is 119 Å². The molecule has 0 atom stereocenters. The van der Waals surface area contributed by atoms with Gasteiger partial charge >= 0.3 is 0 Å². The second-order valence-electron chi connectivity index (χ2n) is 6.47. The van der Waals surface area contributed by atoms with Crippen LogP contribution in [0.5, 0.6) is 0 Å². The highest BCUT2D eigenvalue weighted by atomic mass is 16.6. The number of nitro groups is 1. The molecule has 0 aliphatic carbocycles. The summed E-state index contributed by atoms with van der Waals surface area (Å²) in [5.41, 5.74) is 7.49. The van der Waals surface area contributed by atoms with Gasteiger partial charge in [-0.3, -0.25) is 19.7 Å². The van der Waals surface area contributed by atoms with E-state index in [0.717, 1.165) is 31.6 Å². The largest absolute Gasteiger partial charge is 0.370 e. The van der Waals surface area contributed by atoms with Crippen molar-refractivity contribution in [3.8, 4) is 0 Å². The highest BCUT2D eigenvalue weighted by Gasteiger charge is 2.18. The third-order valence-corrected chi connectivity index (χ3v) is 4.49. The van der Waals surface area contributed by atoms with Crippen LogP contribution in [0.2, 0.25) is 0 Å². The molecule has 8 heteroatoms. The van der Waals surface area contributed by atoms with Crippen LogP contribution >= 0.6 is 0 Å². The van der Waals surface area contributed by atoms with E-state index in [2.05, 4.69) is 10.2 Å². The summed E-state index contributed by atoms with van der Waals surface area (Å²) in [6.07, 6.45) is 4.93. The van der Waals surface area contributed by atoms with E-state index >= 15 is 0 Å². The Morgan fingerprint density at radius 1 is 1.14 bits per heavy atom. The van der Waals surface area contributed by atoms with Gasteiger partial charge < -0.3 is 16.0 Å². The highest BCUT2D eigenvalue weighted by Crippen LogP contribution is 2.30. The van der Waals surface area contributed by atoms with E-state index in [4.69, 9.17) is 5.73 Å². The average molecular weight is 380 g/mol. The fourth-order valence-corrected chi connectivity index (χ4v) is 3.11. The Kier molecular flexibility index (Phi) is 5.69. The van der Waals surface area contributed by atoms with Gasteiger partial charge in [0.25, 0.3) is 5.69 Å². The number of rotatable bonds is 6. The number of amides is 2. The summed E-state index contributed by atoms with van der Waals surface area (Å²) in [6.45, 7) is 1.75. The molecule has 1 aliphatic heterocycles. The zero-order chi connectivity index (χ0) is 20.1. The molecule has 2 amide bonds. The fraction of sp³-hybridized carbons (Fsp3) is 0.200. The zero-order valence-corrected chi connectivity index (χ0v) is 15.1. The minimum absolute atomic E-state index is 0.0481. The molecule has 1 heterocycles. The van der Waals surface area contributed by atoms with Crippen LogP contribution in [0.3, 0.4) is 0 Å². The molecule has 3 N–H and O–H groups in total. The van der Waals surface area contributed by atoms with Crippen LogP contribution < -0.4 is 16.0 Å². The van der Waals surface area contributed by atoms with E-state index in [-0.39, 0.29) is 5.69 Å². The van der Waals surface area contributed by atoms with Crippen molar-refractivity contribution in [1.82, 2.24) is 0 Å². The number of hydrogen-bond acceptors (Lipinski definition) is 5. The molecule has 2 aromatic rings. The number of carbonyl (C=O) groups excluding carboxylic acids is 2. The number of nitrogens with two attached hydrogens (primary N) is 1. The minimum atomic E-state index is -0.574. The highest BCUT2D eigenvalue weighted by molar-refractivity contribution is 6.05. The lowest BCUT2D eigenvalue weighted by Crippen LogP contribution is -2.21. The van der Waals surface area contributed by atoms with E-state index in [1.165, 1.54) is 24.3 Å². The SMILES string of the molecule is NC(=O)c1ccc(N2CCCC2)c(NC(=O)/C=C/c2cccc([N+](=O)[O-])c2)c1. The lowest BCUT2D eigenvalue weighted by atomic mass is 10.1. The molecule has 8 nitrogen and oxygen atoms in total. The van der Waals surface area contributed by atoms with Crippen LogP contribution in [0.4, 0.5) is 17.1 Å². The maximum absolute atomic E-state index is 12.4. The number of nitrogens with one attached hydrogen (secondary N) is 1. The molecule has 0 saturated carbocycles. The third-order valence-electron chi connectivity index (χ3n) is 4.49. The molecule has 28 heavy (non-hydrogen) atoms. The Morgan fingerprint density at radius 3 is 2.57 bits per heavy atom. The molecule has 144 valence electrons. The van der Waals surface area contributed by atoms with Crippen molar-refractivity contribution in [3.63, 3.8) is 0 Å². The van der Waals surface area contributed by atoms with E-state index in [0.29, 0.717) is 16.8 Å². The summed E-state index contributed by atoms with van der Waals surface area (Å²) >= 11 is 0. The standard InChI is InChI=1S/C20H20N4O4/c21-20(26)15-7-8-18(23-10-1-2-11-23)17(13-15)22-19(25)9-6-14-4-3-5-16(12-14)24(27)28/h3-9,12-13H,1-2,10-11H2,(H2,21,26)(H,22,25)/b9-6+. The predicted molar refractivity (Wildman–Crippen MR) is 107 cm³/mol. The monoisotopic (exact) mass is 380 g/mol. The molecule has 1 fully saturated rings. The van der Waals surface area contributed by atoms with Gasteiger partial charge in [-0.1, -0.05) is 12.1 Å². The normalized spacial score (nSPS) is 13.6. The molecular weight excluding hydrogens is 360 g/mol. The summed E-state index contributed by atoms with van der Waals surface area (Å²) in [4.78, 5) is 36.4. The van der Waals surface area contributed by atoms with E-state index in [1.807, 2.05) is 0 Å². The second-order valence-corrected chi connectivity index (χ2v) is 6.47. The summed E-state index contributed by atoms with van der Waals surface area (Å²) in [6, 6.07) is 11.0. The van der Waals surface area contributed by atoms with Crippen molar-refractivity contribution in [3.05, 3.63) is 69.8 Å². The van der Waals surface area contributed by atoms with Gasteiger partial charge in [0.1, 0.15) is 0 Å². The smallest absolute Gasteiger partial charge is 0.270 e. The van der Waals surface area contributed by atoms with Crippen molar-refractivity contribution in [2.24, 2.45) is 5.73 Å². The van der Waals surface area contributed by atoms with Crippen molar-refractivity contribution in [2.75, 3.05) is 23.3 Å². The van der Waals surface area contributed by atoms with Crippen LogP contribution in [0.15, 0.2) is 48.5 Å². The summed E-state index contributed by atoms with van der Waals surface area (Å²) in [5.74, 6) is -0.982. The molecule has 0 spiro atoms. The number of benzene rings is 2. The van der Waals surface area contributed by atoms with Gasteiger partial charge in [-0.2, -0.15) is 0 Å². The first-order valence-corrected chi connectivity index (χ1v) is 8.86. The lowest BCUT2D eigenvalue weighted by molar-refractivity contribution is -0.384. The first-order valence-electron chi connectivity index (χ1n) is 8.86. The van der Waals surface area contributed by atoms with Crippen molar-refractivity contribution in [2.45, 2.75) is 12.8 Å². The minimum Gasteiger partial charge on any atom is -0.370 e. The van der Waals surface area contributed by atoms with Crippen LogP contribution in [-0.4, -0.2) is 29.8 Å². The summed E-state index contributed by atoms with van der Waals surface area (Å²) in [7, 11) is 0. The summed E-state index contributed by atoms with van der Waals surface area (Å²) in [5, 5.41) is 13.6. The van der Waals surface area contributed by atoms with Gasteiger partial charge in [0.2, 0.25) is 11.8 Å². The lowest BCUT2D eigenvalue weighted by Gasteiger charge is -2.21. The number of primary amides is 1. The molecule has 0 aromatic heterocycles. The van der Waals surface area contributed by atoms with Crippen molar-refractivity contribution >= 4 is 35.0 Å². The maximum Gasteiger partial charge on any atom is 0.270 e. The molecular formula is C20H20N4O4. The predicted octanol–water partition coefficient (Wildman–Crippen LogP) is 2.95. The zero-order valence-electron chi connectivity index (χ0n) is 15.1. The molecule has 3 rings (SSSR count). The van der Waals surface area contributed by atoms with Gasteiger partial charge in [0.05, 0.1) is 16.3 Å². The molecule has 2 aromatic carbocycles. The van der Waals surface area contributed by atoms with Crippen LogP contribution in [0, 0.1) is 10.1 Å². The first-order chi connectivity index (χ1) is 13.4. The van der Waals surface area contributed by atoms with Crippen LogP contribution in [0.1, 0.15) is 28.8 Å². The Hall–Kier alpha value is -3.68. The van der Waals surface area contributed by atoms with Gasteiger partial charge in [0, 0.05) is 36.9 Å². The Labute approximate surface area is 161 Å². The first kappa shape index (κ1) is 19.1. The third kappa shape index (κ3) is 4.53. The van der Waals surface area contributed by atoms with E-state index in [9.17, 15) is 19.7 Å². The molecule has 1 saturated heterocycles. The van der Waals surface area contributed by atoms with Gasteiger partial charge in [0.15, 0.2) is 0 Å². The van der Waals surface area contributed by atoms with Gasteiger partial charge in [-0.15, -0.1) is 0 Å². The summed E-state index contributed by atoms with van der Waals surface area (Å²) < 4.78 is 0. The number of anilines is 2. The average Bonchev–Trinajstić information content (AvgIpc) is 3.21. The number of nitrogens with zero attached hydrogens (tertiary/aromatic N) is 2. The maximum atomic E-state index is 12.4. The van der Waals surface area contributed by atoms with E-state index < -0.39 is 16.7 Å². The van der Waals surface area contributed by atoms with Crippen molar-refractivity contribution in [1.29, 1.82) is 0 Å². The number of nitro benzene ring substituents is 1.